The number of carbonyl (C=O) groups is 1. The van der Waals surface area contributed by atoms with Crippen molar-refractivity contribution in [2.45, 2.75) is 31.7 Å². The molecule has 4 heteroatoms. The molecule has 0 radical (unpaired) electrons. The van der Waals surface area contributed by atoms with Crippen LogP contribution in [0, 0.1) is 5.92 Å². The fourth-order valence-electron chi connectivity index (χ4n) is 2.70. The van der Waals surface area contributed by atoms with Crippen LogP contribution in [0.25, 0.3) is 0 Å². The van der Waals surface area contributed by atoms with Crippen molar-refractivity contribution in [3.8, 4) is 0 Å². The molecule has 1 saturated heterocycles. The number of hydrogen-bond donors (Lipinski definition) is 1. The number of nitrogens with one attached hydrogen (secondary N) is 1. The van der Waals surface area contributed by atoms with Gasteiger partial charge in [0, 0.05) is 31.5 Å². The van der Waals surface area contributed by atoms with Gasteiger partial charge in [0.05, 0.1) is 5.56 Å². The molecule has 0 aromatic carbocycles. The fraction of sp³-hybridized carbons (Fsp3) is 0.600. The van der Waals surface area contributed by atoms with E-state index in [1.54, 1.807) is 12.4 Å². The van der Waals surface area contributed by atoms with Gasteiger partial charge in [-0.05, 0) is 50.3 Å². The third-order valence-electron chi connectivity index (χ3n) is 3.97. The molecule has 1 aliphatic heterocycles. The van der Waals surface area contributed by atoms with Gasteiger partial charge in [-0.3, -0.25) is 9.78 Å². The van der Waals surface area contributed by atoms with E-state index >= 15 is 0 Å². The van der Waals surface area contributed by atoms with E-state index < -0.39 is 0 Å². The molecule has 1 amide bonds. The van der Waals surface area contributed by atoms with Crippen LogP contribution in [0.2, 0.25) is 0 Å². The smallest absolute Gasteiger partial charge is 0.255 e. The minimum Gasteiger partial charge on any atom is -0.337 e. The minimum absolute atomic E-state index is 0.133. The van der Waals surface area contributed by atoms with Gasteiger partial charge in [0.25, 0.3) is 5.91 Å². The first kappa shape index (κ1) is 12.6. The van der Waals surface area contributed by atoms with Crippen LogP contribution >= 0.6 is 0 Å². The van der Waals surface area contributed by atoms with E-state index in [0.29, 0.717) is 11.6 Å². The van der Waals surface area contributed by atoms with Gasteiger partial charge in [-0.15, -0.1) is 0 Å². The molecular formula is C15H21N3O. The van der Waals surface area contributed by atoms with Crippen molar-refractivity contribution in [2.24, 2.45) is 5.92 Å². The fourth-order valence-corrected chi connectivity index (χ4v) is 2.70. The Morgan fingerprint density at radius 1 is 1.37 bits per heavy atom. The Bertz CT molecular complexity index is 424. The predicted molar refractivity (Wildman–Crippen MR) is 73.9 cm³/mol. The van der Waals surface area contributed by atoms with Crippen molar-refractivity contribution in [1.29, 1.82) is 0 Å². The summed E-state index contributed by atoms with van der Waals surface area (Å²) in [5, 5.41) is 3.48. The standard InChI is InChI=1S/C15H21N3O/c19-15(13-3-1-7-16-9-13)18(10-12-5-6-12)11-14-4-2-8-17-14/h1,3,7,9,12,14,17H,2,4-6,8,10-11H2. The molecule has 1 atom stereocenters. The van der Waals surface area contributed by atoms with Crippen LogP contribution in [0.5, 0.6) is 0 Å². The number of rotatable bonds is 5. The Labute approximate surface area is 114 Å². The van der Waals surface area contributed by atoms with Crippen LogP contribution < -0.4 is 5.32 Å². The lowest BCUT2D eigenvalue weighted by molar-refractivity contribution is 0.0733. The second kappa shape index (κ2) is 5.70. The number of aromatic nitrogens is 1. The van der Waals surface area contributed by atoms with Crippen molar-refractivity contribution >= 4 is 5.91 Å². The van der Waals surface area contributed by atoms with Crippen molar-refractivity contribution in [2.75, 3.05) is 19.6 Å². The van der Waals surface area contributed by atoms with Gasteiger partial charge in [0.1, 0.15) is 0 Å². The minimum atomic E-state index is 0.133. The molecule has 0 bridgehead atoms. The number of nitrogens with zero attached hydrogens (tertiary/aromatic N) is 2. The molecular weight excluding hydrogens is 238 g/mol. The van der Waals surface area contributed by atoms with Gasteiger partial charge in [0.15, 0.2) is 0 Å². The lowest BCUT2D eigenvalue weighted by Gasteiger charge is -2.26. The summed E-state index contributed by atoms with van der Waals surface area (Å²) in [5.41, 5.74) is 0.709. The third-order valence-corrected chi connectivity index (χ3v) is 3.97. The zero-order chi connectivity index (χ0) is 13.1. The maximum atomic E-state index is 12.6. The highest BCUT2D eigenvalue weighted by molar-refractivity contribution is 5.93. The first-order valence-electron chi connectivity index (χ1n) is 7.25. The lowest BCUT2D eigenvalue weighted by Crippen LogP contribution is -2.42. The quantitative estimate of drug-likeness (QED) is 0.875. The van der Waals surface area contributed by atoms with Crippen LogP contribution in [0.3, 0.4) is 0 Å². The molecule has 2 heterocycles. The molecule has 1 unspecified atom stereocenters. The maximum Gasteiger partial charge on any atom is 0.255 e. The molecule has 1 aromatic heterocycles. The summed E-state index contributed by atoms with van der Waals surface area (Å²) in [7, 11) is 0. The first-order chi connectivity index (χ1) is 9.33. The largest absolute Gasteiger partial charge is 0.337 e. The van der Waals surface area contributed by atoms with Crippen LogP contribution in [0.15, 0.2) is 24.5 Å². The topological polar surface area (TPSA) is 45.2 Å². The van der Waals surface area contributed by atoms with Gasteiger partial charge in [-0.25, -0.2) is 0 Å². The Morgan fingerprint density at radius 2 is 2.26 bits per heavy atom. The van der Waals surface area contributed by atoms with E-state index in [0.717, 1.165) is 25.6 Å². The Balaban J connectivity index is 1.68. The average Bonchev–Trinajstić information content (AvgIpc) is 3.12. The summed E-state index contributed by atoms with van der Waals surface area (Å²) in [6, 6.07) is 4.16. The molecule has 1 aromatic rings. The SMILES string of the molecule is O=C(c1cccnc1)N(CC1CC1)CC1CCCN1. The summed E-state index contributed by atoms with van der Waals surface area (Å²) >= 11 is 0. The van der Waals surface area contributed by atoms with Crippen molar-refractivity contribution in [3.63, 3.8) is 0 Å². The van der Waals surface area contributed by atoms with Crippen molar-refractivity contribution < 1.29 is 4.79 Å². The zero-order valence-electron chi connectivity index (χ0n) is 11.2. The van der Waals surface area contributed by atoms with Crippen LogP contribution in [-0.2, 0) is 0 Å². The van der Waals surface area contributed by atoms with E-state index in [1.807, 2.05) is 17.0 Å². The van der Waals surface area contributed by atoms with Crippen LogP contribution in [0.1, 0.15) is 36.0 Å². The van der Waals surface area contributed by atoms with Gasteiger partial charge >= 0.3 is 0 Å². The van der Waals surface area contributed by atoms with Crippen molar-refractivity contribution in [3.05, 3.63) is 30.1 Å². The molecule has 4 nitrogen and oxygen atoms in total. The molecule has 0 spiro atoms. The molecule has 1 N–H and O–H groups in total. The average molecular weight is 259 g/mol. The molecule has 3 rings (SSSR count). The van der Waals surface area contributed by atoms with E-state index in [1.165, 1.54) is 25.7 Å². The van der Waals surface area contributed by atoms with E-state index in [4.69, 9.17) is 0 Å². The van der Waals surface area contributed by atoms with Crippen molar-refractivity contribution in [1.82, 2.24) is 15.2 Å². The van der Waals surface area contributed by atoms with E-state index in [-0.39, 0.29) is 5.91 Å². The monoisotopic (exact) mass is 259 g/mol. The van der Waals surface area contributed by atoms with Crippen LogP contribution in [0.4, 0.5) is 0 Å². The van der Waals surface area contributed by atoms with Gasteiger partial charge in [-0.1, -0.05) is 0 Å². The van der Waals surface area contributed by atoms with Crippen LogP contribution in [-0.4, -0.2) is 41.5 Å². The predicted octanol–water partition coefficient (Wildman–Crippen LogP) is 1.69. The highest BCUT2D eigenvalue weighted by Gasteiger charge is 2.29. The normalized spacial score (nSPS) is 22.4. The number of amides is 1. The number of carbonyl (C=O) groups excluding carboxylic acids is 1. The van der Waals surface area contributed by atoms with Gasteiger partial charge in [-0.2, -0.15) is 0 Å². The second-order valence-corrected chi connectivity index (χ2v) is 5.69. The molecule has 2 aliphatic rings. The molecule has 19 heavy (non-hydrogen) atoms. The number of hydrogen-bond acceptors (Lipinski definition) is 3. The summed E-state index contributed by atoms with van der Waals surface area (Å²) in [6.07, 6.45) is 8.33. The lowest BCUT2D eigenvalue weighted by atomic mass is 10.1. The first-order valence-corrected chi connectivity index (χ1v) is 7.25. The highest BCUT2D eigenvalue weighted by atomic mass is 16.2. The van der Waals surface area contributed by atoms with Gasteiger partial charge in [0.2, 0.25) is 0 Å². The summed E-state index contributed by atoms with van der Waals surface area (Å²) in [4.78, 5) is 18.6. The van der Waals surface area contributed by atoms with Gasteiger partial charge < -0.3 is 10.2 Å². The summed E-state index contributed by atoms with van der Waals surface area (Å²) in [5.74, 6) is 0.857. The Hall–Kier alpha value is -1.42. The maximum absolute atomic E-state index is 12.6. The molecule has 102 valence electrons. The third kappa shape index (κ3) is 3.32. The Morgan fingerprint density at radius 3 is 2.89 bits per heavy atom. The molecule has 1 saturated carbocycles. The van der Waals surface area contributed by atoms with E-state index in [9.17, 15) is 4.79 Å². The van der Waals surface area contributed by atoms with E-state index in [2.05, 4.69) is 10.3 Å². The highest BCUT2D eigenvalue weighted by Crippen LogP contribution is 2.30. The molecule has 2 fully saturated rings. The molecule has 1 aliphatic carbocycles. The second-order valence-electron chi connectivity index (χ2n) is 5.69. The Kier molecular flexibility index (Phi) is 3.78. The summed E-state index contributed by atoms with van der Waals surface area (Å²) in [6.45, 7) is 2.83. The zero-order valence-corrected chi connectivity index (χ0v) is 11.2. The number of pyridine rings is 1. The summed E-state index contributed by atoms with van der Waals surface area (Å²) < 4.78 is 0.